The van der Waals surface area contributed by atoms with Gasteiger partial charge < -0.3 is 14.8 Å². The van der Waals surface area contributed by atoms with Gasteiger partial charge in [-0.15, -0.1) is 0 Å². The molecule has 0 aromatic heterocycles. The Hall–Kier alpha value is -1.26. The van der Waals surface area contributed by atoms with Crippen LogP contribution >= 0.6 is 0 Å². The summed E-state index contributed by atoms with van der Waals surface area (Å²) in [7, 11) is 1.27. The Balaban J connectivity index is 3.92. The standard InChI is InChI=1S/C10H19NO4/c1-7(11-9(13)14-5)6-8(12)15-10(2,3)4/h7H,6H2,1-5H3,(H,11,13). The summed E-state index contributed by atoms with van der Waals surface area (Å²) in [4.78, 5) is 22.1. The molecule has 0 rings (SSSR count). The molecule has 5 nitrogen and oxygen atoms in total. The van der Waals surface area contributed by atoms with Crippen LogP contribution in [0.15, 0.2) is 0 Å². The van der Waals surface area contributed by atoms with Gasteiger partial charge in [0.15, 0.2) is 0 Å². The fourth-order valence-corrected chi connectivity index (χ4v) is 0.944. The zero-order valence-electron chi connectivity index (χ0n) is 9.92. The number of ether oxygens (including phenoxy) is 2. The summed E-state index contributed by atoms with van der Waals surface area (Å²) >= 11 is 0. The summed E-state index contributed by atoms with van der Waals surface area (Å²) in [5.74, 6) is -0.341. The number of rotatable bonds is 3. The van der Waals surface area contributed by atoms with Gasteiger partial charge in [0.1, 0.15) is 5.60 Å². The third-order valence-electron chi connectivity index (χ3n) is 1.44. The molecule has 1 unspecified atom stereocenters. The Bertz CT molecular complexity index is 232. The third kappa shape index (κ3) is 7.78. The lowest BCUT2D eigenvalue weighted by Crippen LogP contribution is -2.35. The van der Waals surface area contributed by atoms with Gasteiger partial charge in [-0.2, -0.15) is 0 Å². The monoisotopic (exact) mass is 217 g/mol. The van der Waals surface area contributed by atoms with Crippen molar-refractivity contribution in [3.8, 4) is 0 Å². The quantitative estimate of drug-likeness (QED) is 0.727. The van der Waals surface area contributed by atoms with E-state index in [1.165, 1.54) is 7.11 Å². The highest BCUT2D eigenvalue weighted by molar-refractivity contribution is 5.72. The first-order valence-corrected chi connectivity index (χ1v) is 4.81. The van der Waals surface area contributed by atoms with Gasteiger partial charge in [0.05, 0.1) is 13.5 Å². The van der Waals surface area contributed by atoms with Crippen LogP contribution in [0.3, 0.4) is 0 Å². The van der Waals surface area contributed by atoms with E-state index >= 15 is 0 Å². The number of carbonyl (C=O) groups is 2. The molecule has 0 aliphatic rings. The van der Waals surface area contributed by atoms with Crippen LogP contribution in [0.2, 0.25) is 0 Å². The van der Waals surface area contributed by atoms with E-state index in [4.69, 9.17) is 4.74 Å². The number of alkyl carbamates (subject to hydrolysis) is 1. The van der Waals surface area contributed by atoms with Crippen molar-refractivity contribution in [2.24, 2.45) is 0 Å². The van der Waals surface area contributed by atoms with E-state index < -0.39 is 11.7 Å². The Kier molecular flexibility index (Phi) is 5.11. The van der Waals surface area contributed by atoms with Gasteiger partial charge in [-0.05, 0) is 27.7 Å². The normalized spacial score (nSPS) is 12.9. The lowest BCUT2D eigenvalue weighted by atomic mass is 10.2. The highest BCUT2D eigenvalue weighted by atomic mass is 16.6. The fourth-order valence-electron chi connectivity index (χ4n) is 0.944. The van der Waals surface area contributed by atoms with Crippen molar-refractivity contribution < 1.29 is 19.1 Å². The van der Waals surface area contributed by atoms with Crippen LogP contribution in [0.1, 0.15) is 34.1 Å². The van der Waals surface area contributed by atoms with Crippen LogP contribution in [0, 0.1) is 0 Å². The van der Waals surface area contributed by atoms with E-state index in [2.05, 4.69) is 10.1 Å². The molecular formula is C10H19NO4. The largest absolute Gasteiger partial charge is 0.460 e. The number of hydrogen-bond acceptors (Lipinski definition) is 4. The Labute approximate surface area is 90.1 Å². The van der Waals surface area contributed by atoms with Crippen LogP contribution in [-0.4, -0.2) is 30.8 Å². The molecule has 15 heavy (non-hydrogen) atoms. The van der Waals surface area contributed by atoms with Crippen molar-refractivity contribution in [1.29, 1.82) is 0 Å². The van der Waals surface area contributed by atoms with Crippen molar-refractivity contribution in [2.45, 2.75) is 45.8 Å². The van der Waals surface area contributed by atoms with Crippen LogP contribution in [0.25, 0.3) is 0 Å². The Morgan fingerprint density at radius 2 is 1.87 bits per heavy atom. The number of amides is 1. The Morgan fingerprint density at radius 1 is 1.33 bits per heavy atom. The topological polar surface area (TPSA) is 64.6 Å². The highest BCUT2D eigenvalue weighted by Crippen LogP contribution is 2.09. The van der Waals surface area contributed by atoms with E-state index in [1.54, 1.807) is 27.7 Å². The maximum absolute atomic E-state index is 11.3. The molecule has 0 aliphatic heterocycles. The molecule has 1 N–H and O–H groups in total. The van der Waals surface area contributed by atoms with Gasteiger partial charge in [-0.3, -0.25) is 4.79 Å². The first kappa shape index (κ1) is 13.7. The van der Waals surface area contributed by atoms with Crippen molar-refractivity contribution in [3.63, 3.8) is 0 Å². The van der Waals surface area contributed by atoms with E-state index in [0.717, 1.165) is 0 Å². The molecule has 0 bridgehead atoms. The first-order chi connectivity index (χ1) is 6.74. The lowest BCUT2D eigenvalue weighted by Gasteiger charge is -2.21. The van der Waals surface area contributed by atoms with E-state index in [0.29, 0.717) is 0 Å². The smallest absolute Gasteiger partial charge is 0.407 e. The van der Waals surface area contributed by atoms with Gasteiger partial charge in [-0.25, -0.2) is 4.79 Å². The second-order valence-corrected chi connectivity index (χ2v) is 4.33. The van der Waals surface area contributed by atoms with Gasteiger partial charge >= 0.3 is 12.1 Å². The van der Waals surface area contributed by atoms with Crippen molar-refractivity contribution in [2.75, 3.05) is 7.11 Å². The van der Waals surface area contributed by atoms with Crippen molar-refractivity contribution >= 4 is 12.1 Å². The molecule has 1 atom stereocenters. The molecule has 0 heterocycles. The molecule has 0 radical (unpaired) electrons. The van der Waals surface area contributed by atoms with E-state index in [1.807, 2.05) is 0 Å². The van der Waals surface area contributed by atoms with E-state index in [9.17, 15) is 9.59 Å². The second-order valence-electron chi connectivity index (χ2n) is 4.33. The van der Waals surface area contributed by atoms with E-state index in [-0.39, 0.29) is 18.4 Å². The van der Waals surface area contributed by atoms with Gasteiger partial charge in [-0.1, -0.05) is 0 Å². The summed E-state index contributed by atoms with van der Waals surface area (Å²) in [6.07, 6.45) is -0.419. The minimum atomic E-state index is -0.550. The first-order valence-electron chi connectivity index (χ1n) is 4.81. The molecular weight excluding hydrogens is 198 g/mol. The number of nitrogens with one attached hydrogen (secondary N) is 1. The number of hydrogen-bond donors (Lipinski definition) is 1. The zero-order valence-corrected chi connectivity index (χ0v) is 9.92. The average molecular weight is 217 g/mol. The Morgan fingerprint density at radius 3 is 2.27 bits per heavy atom. The molecule has 0 saturated carbocycles. The highest BCUT2D eigenvalue weighted by Gasteiger charge is 2.19. The minimum Gasteiger partial charge on any atom is -0.460 e. The maximum atomic E-state index is 11.3. The summed E-state index contributed by atoms with van der Waals surface area (Å²) < 4.78 is 9.49. The second kappa shape index (κ2) is 5.58. The van der Waals surface area contributed by atoms with Crippen molar-refractivity contribution in [1.82, 2.24) is 5.32 Å². The van der Waals surface area contributed by atoms with Crippen LogP contribution in [0.5, 0.6) is 0 Å². The molecule has 0 saturated heterocycles. The molecule has 0 aromatic carbocycles. The summed E-state index contributed by atoms with van der Waals surface area (Å²) in [5.41, 5.74) is -0.498. The molecule has 5 heteroatoms. The molecule has 0 fully saturated rings. The molecule has 0 aromatic rings. The molecule has 0 spiro atoms. The fraction of sp³-hybridized carbons (Fsp3) is 0.800. The molecule has 88 valence electrons. The lowest BCUT2D eigenvalue weighted by molar-refractivity contribution is -0.155. The third-order valence-corrected chi connectivity index (χ3v) is 1.44. The van der Waals surface area contributed by atoms with Crippen LogP contribution in [-0.2, 0) is 14.3 Å². The maximum Gasteiger partial charge on any atom is 0.407 e. The average Bonchev–Trinajstić information content (AvgIpc) is 1.99. The summed E-state index contributed by atoms with van der Waals surface area (Å²) in [6.45, 7) is 7.09. The molecule has 1 amide bonds. The molecule has 0 aliphatic carbocycles. The SMILES string of the molecule is COC(=O)NC(C)CC(=O)OC(C)(C)C. The summed E-state index contributed by atoms with van der Waals surface area (Å²) in [5, 5.41) is 2.48. The number of esters is 1. The van der Waals surface area contributed by atoms with Gasteiger partial charge in [0.2, 0.25) is 0 Å². The predicted molar refractivity (Wildman–Crippen MR) is 55.5 cm³/mol. The number of carbonyl (C=O) groups excluding carboxylic acids is 2. The number of methoxy groups -OCH3 is 1. The van der Waals surface area contributed by atoms with Gasteiger partial charge in [0, 0.05) is 6.04 Å². The summed E-state index contributed by atoms with van der Waals surface area (Å²) in [6, 6.07) is -0.299. The predicted octanol–water partition coefficient (Wildman–Crippen LogP) is 1.46. The minimum absolute atomic E-state index is 0.131. The van der Waals surface area contributed by atoms with Crippen molar-refractivity contribution in [3.05, 3.63) is 0 Å². The van der Waals surface area contributed by atoms with Crippen LogP contribution < -0.4 is 5.32 Å². The zero-order chi connectivity index (χ0) is 12.1. The van der Waals surface area contributed by atoms with Crippen LogP contribution in [0.4, 0.5) is 4.79 Å². The van der Waals surface area contributed by atoms with Gasteiger partial charge in [0.25, 0.3) is 0 Å².